The molecule has 4 heteroatoms. The standard InChI is InChI=1S/C9H9BrFNO/c1-12-9(13)7-2-6(5-10)3-8(11)4-7/h2-4H,5H2,1H3,(H,12,13). The van der Waals surface area contributed by atoms with E-state index in [4.69, 9.17) is 0 Å². The SMILES string of the molecule is CNC(=O)c1cc(F)cc(CBr)c1. The number of carbonyl (C=O) groups is 1. The van der Waals surface area contributed by atoms with Crippen LogP contribution in [0.4, 0.5) is 4.39 Å². The number of amides is 1. The molecule has 0 bridgehead atoms. The van der Waals surface area contributed by atoms with Crippen LogP contribution >= 0.6 is 15.9 Å². The maximum atomic E-state index is 12.9. The van der Waals surface area contributed by atoms with E-state index in [1.165, 1.54) is 19.2 Å². The highest BCUT2D eigenvalue weighted by Gasteiger charge is 2.06. The van der Waals surface area contributed by atoms with Crippen molar-refractivity contribution in [3.8, 4) is 0 Å². The first-order valence-corrected chi connectivity index (χ1v) is 4.87. The maximum absolute atomic E-state index is 12.9. The van der Waals surface area contributed by atoms with E-state index in [1.807, 2.05) is 0 Å². The van der Waals surface area contributed by atoms with Crippen LogP contribution in [0.25, 0.3) is 0 Å². The lowest BCUT2D eigenvalue weighted by molar-refractivity contribution is 0.0962. The van der Waals surface area contributed by atoms with E-state index >= 15 is 0 Å². The van der Waals surface area contributed by atoms with E-state index < -0.39 is 5.82 Å². The summed E-state index contributed by atoms with van der Waals surface area (Å²) in [5.41, 5.74) is 1.09. The minimum atomic E-state index is -0.393. The maximum Gasteiger partial charge on any atom is 0.251 e. The molecule has 1 rings (SSSR count). The van der Waals surface area contributed by atoms with Crippen LogP contribution in [0.15, 0.2) is 18.2 Å². The molecule has 0 radical (unpaired) electrons. The fourth-order valence-corrected chi connectivity index (χ4v) is 1.33. The Bertz CT molecular complexity index is 327. The van der Waals surface area contributed by atoms with Crippen molar-refractivity contribution in [2.75, 3.05) is 7.05 Å². The van der Waals surface area contributed by atoms with Crippen LogP contribution in [-0.4, -0.2) is 13.0 Å². The van der Waals surface area contributed by atoms with Gasteiger partial charge < -0.3 is 5.32 Å². The van der Waals surface area contributed by atoms with Crippen LogP contribution in [0, 0.1) is 5.82 Å². The Morgan fingerprint density at radius 3 is 2.77 bits per heavy atom. The molecule has 0 aliphatic carbocycles. The molecule has 0 fully saturated rings. The Kier molecular flexibility index (Phi) is 3.42. The molecule has 1 aromatic rings. The molecule has 0 aromatic heterocycles. The van der Waals surface area contributed by atoms with Crippen molar-refractivity contribution in [2.24, 2.45) is 0 Å². The molecule has 2 nitrogen and oxygen atoms in total. The van der Waals surface area contributed by atoms with Crippen LogP contribution in [0.5, 0.6) is 0 Å². The topological polar surface area (TPSA) is 29.1 Å². The molecule has 0 atom stereocenters. The summed E-state index contributed by atoms with van der Waals surface area (Å²) in [5, 5.41) is 2.98. The van der Waals surface area contributed by atoms with Crippen molar-refractivity contribution in [3.63, 3.8) is 0 Å². The van der Waals surface area contributed by atoms with Crippen LogP contribution in [0.2, 0.25) is 0 Å². The first-order chi connectivity index (χ1) is 6.17. The first-order valence-electron chi connectivity index (χ1n) is 3.75. The van der Waals surface area contributed by atoms with Gasteiger partial charge in [0, 0.05) is 17.9 Å². The number of nitrogens with one attached hydrogen (secondary N) is 1. The highest BCUT2D eigenvalue weighted by atomic mass is 79.9. The molecule has 1 N–H and O–H groups in total. The van der Waals surface area contributed by atoms with Gasteiger partial charge in [-0.2, -0.15) is 0 Å². The highest BCUT2D eigenvalue weighted by Crippen LogP contribution is 2.11. The zero-order valence-electron chi connectivity index (χ0n) is 7.10. The quantitative estimate of drug-likeness (QED) is 0.795. The number of hydrogen-bond donors (Lipinski definition) is 1. The molecule has 0 aliphatic heterocycles. The first kappa shape index (κ1) is 10.2. The fraction of sp³-hybridized carbons (Fsp3) is 0.222. The molecule has 0 heterocycles. The number of halogens is 2. The summed E-state index contributed by atoms with van der Waals surface area (Å²) >= 11 is 3.20. The summed E-state index contributed by atoms with van der Waals surface area (Å²) in [6.07, 6.45) is 0. The predicted molar refractivity (Wildman–Crippen MR) is 52.4 cm³/mol. The van der Waals surface area contributed by atoms with Crippen molar-refractivity contribution in [1.29, 1.82) is 0 Å². The largest absolute Gasteiger partial charge is 0.355 e. The van der Waals surface area contributed by atoms with E-state index in [0.717, 1.165) is 5.56 Å². The van der Waals surface area contributed by atoms with E-state index in [9.17, 15) is 9.18 Å². The van der Waals surface area contributed by atoms with Gasteiger partial charge in [-0.25, -0.2) is 4.39 Å². The van der Waals surface area contributed by atoms with E-state index in [-0.39, 0.29) is 5.91 Å². The molecule has 0 aliphatic rings. The van der Waals surface area contributed by atoms with Crippen LogP contribution in [-0.2, 0) is 5.33 Å². The third kappa shape index (κ3) is 2.52. The Morgan fingerprint density at radius 1 is 1.54 bits per heavy atom. The Balaban J connectivity index is 3.08. The zero-order chi connectivity index (χ0) is 9.84. The van der Waals surface area contributed by atoms with Gasteiger partial charge in [-0.05, 0) is 23.8 Å². The van der Waals surface area contributed by atoms with Gasteiger partial charge in [-0.1, -0.05) is 15.9 Å². The van der Waals surface area contributed by atoms with Gasteiger partial charge in [0.1, 0.15) is 5.82 Å². The molecular formula is C9H9BrFNO. The lowest BCUT2D eigenvalue weighted by Gasteiger charge is -2.02. The van der Waals surface area contributed by atoms with Gasteiger partial charge in [-0.3, -0.25) is 4.79 Å². The normalized spacial score (nSPS) is 9.77. The average molecular weight is 246 g/mol. The molecule has 0 spiro atoms. The van der Waals surface area contributed by atoms with Crippen molar-refractivity contribution >= 4 is 21.8 Å². The van der Waals surface area contributed by atoms with Crippen LogP contribution in [0.1, 0.15) is 15.9 Å². The lowest BCUT2D eigenvalue weighted by Crippen LogP contribution is -2.18. The molecule has 0 unspecified atom stereocenters. The summed E-state index contributed by atoms with van der Waals surface area (Å²) in [6, 6.07) is 4.25. The number of alkyl halides is 1. The smallest absolute Gasteiger partial charge is 0.251 e. The number of benzene rings is 1. The van der Waals surface area contributed by atoms with Crippen molar-refractivity contribution in [2.45, 2.75) is 5.33 Å². The van der Waals surface area contributed by atoms with Gasteiger partial charge in [0.2, 0.25) is 0 Å². The van der Waals surface area contributed by atoms with Gasteiger partial charge in [0.25, 0.3) is 5.91 Å². The lowest BCUT2D eigenvalue weighted by atomic mass is 10.1. The van der Waals surface area contributed by atoms with Crippen LogP contribution in [0.3, 0.4) is 0 Å². The third-order valence-electron chi connectivity index (χ3n) is 1.60. The molecule has 1 aromatic carbocycles. The summed E-state index contributed by atoms with van der Waals surface area (Å²) in [7, 11) is 1.51. The highest BCUT2D eigenvalue weighted by molar-refractivity contribution is 9.08. The molecule has 0 saturated heterocycles. The van der Waals surface area contributed by atoms with Gasteiger partial charge in [0.05, 0.1) is 0 Å². The van der Waals surface area contributed by atoms with Crippen LogP contribution < -0.4 is 5.32 Å². The van der Waals surface area contributed by atoms with Crippen molar-refractivity contribution < 1.29 is 9.18 Å². The van der Waals surface area contributed by atoms with Gasteiger partial charge in [0.15, 0.2) is 0 Å². The second-order valence-corrected chi connectivity index (χ2v) is 3.12. The second kappa shape index (κ2) is 4.37. The summed E-state index contributed by atoms with van der Waals surface area (Å²) < 4.78 is 12.9. The Labute approximate surface area is 84.3 Å². The molecular weight excluding hydrogens is 237 g/mol. The molecule has 1 amide bonds. The Hall–Kier alpha value is -0.900. The third-order valence-corrected chi connectivity index (χ3v) is 2.25. The van der Waals surface area contributed by atoms with Gasteiger partial charge in [-0.15, -0.1) is 0 Å². The van der Waals surface area contributed by atoms with E-state index in [2.05, 4.69) is 21.2 Å². The minimum absolute atomic E-state index is 0.276. The summed E-state index contributed by atoms with van der Waals surface area (Å²) in [4.78, 5) is 11.1. The Morgan fingerprint density at radius 2 is 2.23 bits per heavy atom. The van der Waals surface area contributed by atoms with E-state index in [0.29, 0.717) is 10.9 Å². The fourth-order valence-electron chi connectivity index (χ4n) is 1.00. The number of carbonyl (C=O) groups excluding carboxylic acids is 1. The monoisotopic (exact) mass is 245 g/mol. The van der Waals surface area contributed by atoms with E-state index in [1.54, 1.807) is 6.07 Å². The predicted octanol–water partition coefficient (Wildman–Crippen LogP) is 2.08. The van der Waals surface area contributed by atoms with Gasteiger partial charge >= 0.3 is 0 Å². The summed E-state index contributed by atoms with van der Waals surface area (Å²) in [5.74, 6) is -0.669. The average Bonchev–Trinajstić information content (AvgIpc) is 2.15. The zero-order valence-corrected chi connectivity index (χ0v) is 8.69. The second-order valence-electron chi connectivity index (χ2n) is 2.56. The van der Waals surface area contributed by atoms with Crippen molar-refractivity contribution in [1.82, 2.24) is 5.32 Å². The van der Waals surface area contributed by atoms with Crippen molar-refractivity contribution in [3.05, 3.63) is 35.1 Å². The number of hydrogen-bond acceptors (Lipinski definition) is 1. The minimum Gasteiger partial charge on any atom is -0.355 e. The molecule has 0 saturated carbocycles. The number of rotatable bonds is 2. The molecule has 13 heavy (non-hydrogen) atoms. The summed E-state index contributed by atoms with van der Waals surface area (Å²) in [6.45, 7) is 0. The molecule has 70 valence electrons.